The first kappa shape index (κ1) is 17.8. The van der Waals surface area contributed by atoms with Crippen LogP contribution in [0.5, 0.6) is 0 Å². The number of anilines is 1. The van der Waals surface area contributed by atoms with E-state index in [4.69, 9.17) is 0 Å². The van der Waals surface area contributed by atoms with Crippen LogP contribution in [-0.4, -0.2) is 31.5 Å². The number of hydrogen-bond acceptors (Lipinski definition) is 2. The van der Waals surface area contributed by atoms with Crippen LogP contribution in [0.25, 0.3) is 0 Å². The van der Waals surface area contributed by atoms with Crippen molar-refractivity contribution in [2.75, 3.05) is 18.5 Å². The molecule has 0 bridgehead atoms. The Labute approximate surface area is 150 Å². The molecule has 1 aliphatic heterocycles. The lowest BCUT2D eigenvalue weighted by molar-refractivity contribution is -0.119. The highest BCUT2D eigenvalue weighted by Crippen LogP contribution is 2.21. The zero-order valence-electron chi connectivity index (χ0n) is 15.3. The van der Waals surface area contributed by atoms with Crippen molar-refractivity contribution in [2.45, 2.75) is 64.0 Å². The van der Waals surface area contributed by atoms with Gasteiger partial charge in [-0.15, -0.1) is 0 Å². The van der Waals surface area contributed by atoms with Crippen molar-refractivity contribution in [3.8, 4) is 0 Å². The van der Waals surface area contributed by atoms with Crippen LogP contribution in [-0.2, 0) is 11.3 Å². The van der Waals surface area contributed by atoms with E-state index in [-0.39, 0.29) is 5.91 Å². The standard InChI is InChI=1S/C20H30N4O/c1-21-20(23-17-7-3-2-4-8-17)22-15-16-10-12-18(13-11-16)24-14-6-5-9-19(24)25/h10-13,17H,2-9,14-15H2,1H3,(H2,21,22,23). The number of rotatable bonds is 4. The number of guanidine groups is 1. The molecule has 2 aliphatic rings. The van der Waals surface area contributed by atoms with Gasteiger partial charge in [0.25, 0.3) is 0 Å². The van der Waals surface area contributed by atoms with Gasteiger partial charge in [-0.2, -0.15) is 0 Å². The Morgan fingerprint density at radius 3 is 2.56 bits per heavy atom. The summed E-state index contributed by atoms with van der Waals surface area (Å²) < 4.78 is 0. The molecule has 25 heavy (non-hydrogen) atoms. The Balaban J connectivity index is 1.51. The number of amides is 1. The zero-order valence-corrected chi connectivity index (χ0v) is 15.3. The maximum absolute atomic E-state index is 12.0. The molecule has 1 saturated heterocycles. The van der Waals surface area contributed by atoms with Crippen molar-refractivity contribution in [2.24, 2.45) is 4.99 Å². The van der Waals surface area contributed by atoms with Gasteiger partial charge < -0.3 is 15.5 Å². The lowest BCUT2D eigenvalue weighted by atomic mass is 9.96. The number of benzene rings is 1. The summed E-state index contributed by atoms with van der Waals surface area (Å²) in [7, 11) is 1.82. The minimum atomic E-state index is 0.245. The maximum atomic E-state index is 12.0. The fourth-order valence-corrected chi connectivity index (χ4v) is 3.69. The summed E-state index contributed by atoms with van der Waals surface area (Å²) in [4.78, 5) is 18.3. The van der Waals surface area contributed by atoms with Gasteiger partial charge in [-0.1, -0.05) is 31.4 Å². The first-order valence-corrected chi connectivity index (χ1v) is 9.63. The molecular formula is C20H30N4O. The van der Waals surface area contributed by atoms with Gasteiger partial charge in [0.2, 0.25) is 5.91 Å². The van der Waals surface area contributed by atoms with Gasteiger partial charge in [-0.05, 0) is 43.4 Å². The number of nitrogens with zero attached hydrogens (tertiary/aromatic N) is 2. The summed E-state index contributed by atoms with van der Waals surface area (Å²) >= 11 is 0. The molecule has 0 unspecified atom stereocenters. The third kappa shape index (κ3) is 4.97. The summed E-state index contributed by atoms with van der Waals surface area (Å²) in [6.45, 7) is 1.58. The molecule has 0 radical (unpaired) electrons. The lowest BCUT2D eigenvalue weighted by Crippen LogP contribution is -2.43. The van der Waals surface area contributed by atoms with E-state index < -0.39 is 0 Å². The minimum absolute atomic E-state index is 0.245. The Kier molecular flexibility index (Phi) is 6.31. The second-order valence-electron chi connectivity index (χ2n) is 7.07. The molecule has 1 saturated carbocycles. The predicted molar refractivity (Wildman–Crippen MR) is 103 cm³/mol. The second-order valence-corrected chi connectivity index (χ2v) is 7.07. The molecule has 1 heterocycles. The van der Waals surface area contributed by atoms with Crippen molar-refractivity contribution < 1.29 is 4.79 Å². The Morgan fingerprint density at radius 2 is 1.88 bits per heavy atom. The van der Waals surface area contributed by atoms with Crippen molar-refractivity contribution in [1.82, 2.24) is 10.6 Å². The summed E-state index contributed by atoms with van der Waals surface area (Å²) in [5.41, 5.74) is 2.21. The normalized spacial score (nSPS) is 19.8. The van der Waals surface area contributed by atoms with Crippen molar-refractivity contribution in [1.29, 1.82) is 0 Å². The molecule has 1 aromatic carbocycles. The molecule has 0 atom stereocenters. The SMILES string of the molecule is CN=C(NCc1ccc(N2CCCCC2=O)cc1)NC1CCCCC1. The van der Waals surface area contributed by atoms with E-state index >= 15 is 0 Å². The number of carbonyl (C=O) groups excluding carboxylic acids is 1. The number of piperidine rings is 1. The maximum Gasteiger partial charge on any atom is 0.226 e. The van der Waals surface area contributed by atoms with Crippen molar-refractivity contribution in [3.63, 3.8) is 0 Å². The molecule has 5 heteroatoms. The molecule has 0 aromatic heterocycles. The summed E-state index contributed by atoms with van der Waals surface area (Å²) in [5.74, 6) is 1.12. The number of aliphatic imine (C=N–C) groups is 1. The van der Waals surface area contributed by atoms with E-state index in [1.807, 2.05) is 11.9 Å². The Hall–Kier alpha value is -2.04. The van der Waals surface area contributed by atoms with E-state index in [2.05, 4.69) is 39.9 Å². The van der Waals surface area contributed by atoms with E-state index in [0.717, 1.165) is 37.6 Å². The number of hydrogen-bond donors (Lipinski definition) is 2. The van der Waals surface area contributed by atoms with Crippen LogP contribution in [0.2, 0.25) is 0 Å². The van der Waals surface area contributed by atoms with E-state index in [1.54, 1.807) is 0 Å². The molecule has 1 aromatic rings. The van der Waals surface area contributed by atoms with Gasteiger partial charge in [0.1, 0.15) is 0 Å². The molecule has 1 amide bonds. The minimum Gasteiger partial charge on any atom is -0.354 e. The van der Waals surface area contributed by atoms with Crippen LogP contribution in [0, 0.1) is 0 Å². The fraction of sp³-hybridized carbons (Fsp3) is 0.600. The highest BCUT2D eigenvalue weighted by atomic mass is 16.2. The number of nitrogens with one attached hydrogen (secondary N) is 2. The zero-order chi connectivity index (χ0) is 17.5. The van der Waals surface area contributed by atoms with Crippen molar-refractivity contribution in [3.05, 3.63) is 29.8 Å². The van der Waals surface area contributed by atoms with Gasteiger partial charge in [-0.3, -0.25) is 9.79 Å². The topological polar surface area (TPSA) is 56.7 Å². The molecule has 5 nitrogen and oxygen atoms in total. The fourth-order valence-electron chi connectivity index (χ4n) is 3.69. The molecular weight excluding hydrogens is 312 g/mol. The quantitative estimate of drug-likeness (QED) is 0.652. The summed E-state index contributed by atoms with van der Waals surface area (Å²) in [6.07, 6.45) is 9.24. The first-order chi connectivity index (χ1) is 12.3. The molecule has 136 valence electrons. The number of carbonyl (C=O) groups is 1. The lowest BCUT2D eigenvalue weighted by Gasteiger charge is -2.27. The second kappa shape index (κ2) is 8.88. The van der Waals surface area contributed by atoms with Gasteiger partial charge in [0, 0.05) is 38.3 Å². The average molecular weight is 342 g/mol. The van der Waals surface area contributed by atoms with E-state index in [1.165, 1.54) is 37.7 Å². The predicted octanol–water partition coefficient (Wildman–Crippen LogP) is 3.20. The smallest absolute Gasteiger partial charge is 0.226 e. The van der Waals surface area contributed by atoms with Crippen LogP contribution in [0.15, 0.2) is 29.3 Å². The van der Waals surface area contributed by atoms with Gasteiger partial charge in [0.15, 0.2) is 5.96 Å². The van der Waals surface area contributed by atoms with E-state index in [9.17, 15) is 4.79 Å². The molecule has 3 rings (SSSR count). The monoisotopic (exact) mass is 342 g/mol. The Morgan fingerprint density at radius 1 is 1.12 bits per heavy atom. The van der Waals surface area contributed by atoms with Gasteiger partial charge >= 0.3 is 0 Å². The average Bonchev–Trinajstić information content (AvgIpc) is 2.67. The van der Waals surface area contributed by atoms with Crippen molar-refractivity contribution >= 4 is 17.6 Å². The van der Waals surface area contributed by atoms with E-state index in [0.29, 0.717) is 12.5 Å². The summed E-state index contributed by atoms with van der Waals surface area (Å²) in [6, 6.07) is 8.85. The summed E-state index contributed by atoms with van der Waals surface area (Å²) in [5, 5.41) is 6.93. The molecule has 1 aliphatic carbocycles. The largest absolute Gasteiger partial charge is 0.354 e. The van der Waals surface area contributed by atoms with Crippen LogP contribution in [0.1, 0.15) is 56.9 Å². The van der Waals surface area contributed by atoms with Gasteiger partial charge in [-0.25, -0.2) is 0 Å². The third-order valence-electron chi connectivity index (χ3n) is 5.20. The third-order valence-corrected chi connectivity index (χ3v) is 5.20. The highest BCUT2D eigenvalue weighted by molar-refractivity contribution is 5.93. The highest BCUT2D eigenvalue weighted by Gasteiger charge is 2.19. The molecule has 2 fully saturated rings. The van der Waals surface area contributed by atoms with Crippen LogP contribution in [0.4, 0.5) is 5.69 Å². The molecule has 0 spiro atoms. The van der Waals surface area contributed by atoms with Gasteiger partial charge in [0.05, 0.1) is 0 Å². The first-order valence-electron chi connectivity index (χ1n) is 9.63. The van der Waals surface area contributed by atoms with Crippen LogP contribution in [0.3, 0.4) is 0 Å². The van der Waals surface area contributed by atoms with Crippen LogP contribution >= 0.6 is 0 Å². The van der Waals surface area contributed by atoms with Crippen LogP contribution < -0.4 is 15.5 Å². The Bertz CT molecular complexity index is 590. The molecule has 2 N–H and O–H groups in total.